The van der Waals surface area contributed by atoms with Crippen LogP contribution in [0, 0.1) is 6.92 Å². The molecule has 0 saturated heterocycles. The molecule has 0 aliphatic carbocycles. The van der Waals surface area contributed by atoms with E-state index in [4.69, 9.17) is 0 Å². The smallest absolute Gasteiger partial charge is 0.0125 e. The second-order valence-electron chi connectivity index (χ2n) is 3.66. The largest absolute Gasteiger partial charge is 0.298 e. The molecule has 0 aromatic carbocycles. The molecule has 10 heavy (non-hydrogen) atoms. The fraction of sp³-hybridized carbons (Fsp3) is 0.889. The van der Waals surface area contributed by atoms with Crippen LogP contribution in [0.15, 0.2) is 0 Å². The summed E-state index contributed by atoms with van der Waals surface area (Å²) in [5.41, 5.74) is 0.289. The predicted molar refractivity (Wildman–Crippen MR) is 47.0 cm³/mol. The van der Waals surface area contributed by atoms with Crippen molar-refractivity contribution in [3.63, 3.8) is 0 Å². The maximum atomic E-state index is 3.90. The molecule has 1 heteroatoms. The van der Waals surface area contributed by atoms with Crippen LogP contribution in [0.3, 0.4) is 0 Å². The third-order valence-electron chi connectivity index (χ3n) is 1.71. The molecule has 61 valence electrons. The van der Waals surface area contributed by atoms with Crippen molar-refractivity contribution < 1.29 is 0 Å². The van der Waals surface area contributed by atoms with E-state index in [0.717, 1.165) is 13.1 Å². The molecular weight excluding hydrogens is 122 g/mol. The minimum absolute atomic E-state index is 0.289. The van der Waals surface area contributed by atoms with Gasteiger partial charge in [-0.15, -0.1) is 0 Å². The summed E-state index contributed by atoms with van der Waals surface area (Å²) in [7, 11) is 0. The van der Waals surface area contributed by atoms with E-state index in [9.17, 15) is 0 Å². The van der Waals surface area contributed by atoms with Gasteiger partial charge in [-0.2, -0.15) is 0 Å². The van der Waals surface area contributed by atoms with E-state index in [2.05, 4.69) is 39.5 Å². The van der Waals surface area contributed by atoms with Crippen LogP contribution < -0.4 is 0 Å². The Hall–Kier alpha value is -0.0400. The average Bonchev–Trinajstić information content (AvgIpc) is 1.80. The Kier molecular flexibility index (Phi) is 3.95. The van der Waals surface area contributed by atoms with Gasteiger partial charge < -0.3 is 0 Å². The topological polar surface area (TPSA) is 3.24 Å². The molecule has 0 N–H and O–H groups in total. The van der Waals surface area contributed by atoms with E-state index in [1.165, 1.54) is 6.42 Å². The summed E-state index contributed by atoms with van der Waals surface area (Å²) in [6.45, 7) is 14.9. The van der Waals surface area contributed by atoms with Gasteiger partial charge in [0, 0.05) is 5.54 Å². The Morgan fingerprint density at radius 2 is 1.80 bits per heavy atom. The van der Waals surface area contributed by atoms with Crippen LogP contribution in [0.2, 0.25) is 0 Å². The molecule has 0 spiro atoms. The van der Waals surface area contributed by atoms with Gasteiger partial charge in [-0.25, -0.2) is 0 Å². The molecule has 0 saturated carbocycles. The lowest BCUT2D eigenvalue weighted by Crippen LogP contribution is -2.41. The molecule has 0 amide bonds. The normalized spacial score (nSPS) is 12.6. The molecule has 1 radical (unpaired) electrons. The minimum Gasteiger partial charge on any atom is -0.298 e. The quantitative estimate of drug-likeness (QED) is 0.584. The number of nitrogens with zero attached hydrogens (tertiary/aromatic N) is 1. The van der Waals surface area contributed by atoms with E-state index in [1.807, 2.05) is 0 Å². The van der Waals surface area contributed by atoms with Gasteiger partial charge in [-0.1, -0.05) is 6.92 Å². The summed E-state index contributed by atoms with van der Waals surface area (Å²) < 4.78 is 0. The summed E-state index contributed by atoms with van der Waals surface area (Å²) in [4.78, 5) is 2.38. The molecule has 0 atom stereocenters. The van der Waals surface area contributed by atoms with Crippen molar-refractivity contribution in [3.05, 3.63) is 6.92 Å². The van der Waals surface area contributed by atoms with E-state index in [0.29, 0.717) is 0 Å². The lowest BCUT2D eigenvalue weighted by atomic mass is 10.1. The summed E-state index contributed by atoms with van der Waals surface area (Å²) in [5.74, 6) is 0. The van der Waals surface area contributed by atoms with Crippen LogP contribution in [0.4, 0.5) is 0 Å². The Labute approximate surface area is 65.4 Å². The Bertz CT molecular complexity index is 81.2. The molecule has 0 heterocycles. The number of hydrogen-bond donors (Lipinski definition) is 0. The molecule has 0 aromatic heterocycles. The Morgan fingerprint density at radius 3 is 1.90 bits per heavy atom. The average molecular weight is 142 g/mol. The second kappa shape index (κ2) is 3.97. The van der Waals surface area contributed by atoms with Crippen molar-refractivity contribution >= 4 is 0 Å². The van der Waals surface area contributed by atoms with Crippen LogP contribution in [0.25, 0.3) is 0 Å². The molecule has 0 fully saturated rings. The summed E-state index contributed by atoms with van der Waals surface area (Å²) in [5, 5.41) is 0. The molecule has 0 aliphatic rings. The first-order valence-electron chi connectivity index (χ1n) is 4.06. The van der Waals surface area contributed by atoms with Gasteiger partial charge in [0.25, 0.3) is 0 Å². The highest BCUT2D eigenvalue weighted by molar-refractivity contribution is 4.75. The third-order valence-corrected chi connectivity index (χ3v) is 1.71. The standard InChI is InChI=1S/C9H20N/c1-6-8-10(7-2)9(3,4)5/h2,6-8H2,1,3-5H3. The minimum atomic E-state index is 0.289. The first-order valence-corrected chi connectivity index (χ1v) is 4.06. The molecule has 0 rings (SSSR count). The van der Waals surface area contributed by atoms with Gasteiger partial charge in [0.1, 0.15) is 0 Å². The maximum absolute atomic E-state index is 3.90. The van der Waals surface area contributed by atoms with Crippen molar-refractivity contribution in [3.8, 4) is 0 Å². The molecule has 0 aliphatic heterocycles. The zero-order chi connectivity index (χ0) is 8.20. The van der Waals surface area contributed by atoms with E-state index in [1.54, 1.807) is 0 Å². The highest BCUT2D eigenvalue weighted by Crippen LogP contribution is 2.12. The number of hydrogen-bond acceptors (Lipinski definition) is 1. The second-order valence-corrected chi connectivity index (χ2v) is 3.66. The van der Waals surface area contributed by atoms with E-state index < -0.39 is 0 Å². The Morgan fingerprint density at radius 1 is 1.30 bits per heavy atom. The van der Waals surface area contributed by atoms with Crippen LogP contribution in [-0.2, 0) is 0 Å². The summed E-state index contributed by atoms with van der Waals surface area (Å²) >= 11 is 0. The van der Waals surface area contributed by atoms with Gasteiger partial charge in [0.15, 0.2) is 0 Å². The van der Waals surface area contributed by atoms with Gasteiger partial charge >= 0.3 is 0 Å². The highest BCUT2D eigenvalue weighted by atomic mass is 15.2. The molecule has 0 bridgehead atoms. The lowest BCUT2D eigenvalue weighted by molar-refractivity contribution is 0.153. The maximum Gasteiger partial charge on any atom is 0.0125 e. The SMILES string of the molecule is [CH2]CN(CCC)C(C)(C)C. The van der Waals surface area contributed by atoms with Gasteiger partial charge in [0.2, 0.25) is 0 Å². The van der Waals surface area contributed by atoms with Crippen LogP contribution in [-0.4, -0.2) is 23.5 Å². The van der Waals surface area contributed by atoms with Crippen molar-refractivity contribution in [2.45, 2.75) is 39.7 Å². The predicted octanol–water partition coefficient (Wildman–Crippen LogP) is 2.33. The molecule has 0 unspecified atom stereocenters. The van der Waals surface area contributed by atoms with Crippen molar-refractivity contribution in [2.24, 2.45) is 0 Å². The molecule has 1 nitrogen and oxygen atoms in total. The van der Waals surface area contributed by atoms with E-state index >= 15 is 0 Å². The van der Waals surface area contributed by atoms with Crippen molar-refractivity contribution in [1.29, 1.82) is 0 Å². The van der Waals surface area contributed by atoms with Gasteiger partial charge in [0.05, 0.1) is 0 Å². The third kappa shape index (κ3) is 3.21. The highest BCUT2D eigenvalue weighted by Gasteiger charge is 2.17. The fourth-order valence-corrected chi connectivity index (χ4v) is 1.05. The lowest BCUT2D eigenvalue weighted by Gasteiger charge is -2.34. The monoisotopic (exact) mass is 142 g/mol. The summed E-state index contributed by atoms with van der Waals surface area (Å²) in [6.07, 6.45) is 1.22. The van der Waals surface area contributed by atoms with Crippen molar-refractivity contribution in [2.75, 3.05) is 13.1 Å². The zero-order valence-electron chi connectivity index (χ0n) is 7.78. The van der Waals surface area contributed by atoms with Crippen LogP contribution in [0.1, 0.15) is 34.1 Å². The number of rotatable bonds is 3. The van der Waals surface area contributed by atoms with Gasteiger partial charge in [-0.05, 0) is 47.2 Å². The molecular formula is C9H20N. The summed E-state index contributed by atoms with van der Waals surface area (Å²) in [6, 6.07) is 0. The first kappa shape index (κ1) is 9.96. The van der Waals surface area contributed by atoms with Crippen LogP contribution >= 0.6 is 0 Å². The Balaban J connectivity index is 3.81. The van der Waals surface area contributed by atoms with Crippen molar-refractivity contribution in [1.82, 2.24) is 4.90 Å². The molecule has 0 aromatic rings. The first-order chi connectivity index (χ1) is 4.52. The van der Waals surface area contributed by atoms with E-state index in [-0.39, 0.29) is 5.54 Å². The van der Waals surface area contributed by atoms with Crippen LogP contribution in [0.5, 0.6) is 0 Å². The zero-order valence-corrected chi connectivity index (χ0v) is 7.78. The van der Waals surface area contributed by atoms with Gasteiger partial charge in [-0.3, -0.25) is 4.90 Å². The fourth-order valence-electron chi connectivity index (χ4n) is 1.05.